The highest BCUT2D eigenvalue weighted by Crippen LogP contribution is 2.34. The molecule has 198 valence electrons. The molecule has 0 spiro atoms. The molecule has 7 aromatic rings. The highest BCUT2D eigenvalue weighted by Gasteiger charge is 2.28. The Kier molecular flexibility index (Phi) is 5.98. The number of aryl methyl sites for hydroxylation is 6. The molecule has 0 saturated carbocycles. The number of pyridine rings is 1. The molecule has 2 heteroatoms. The second-order valence-corrected chi connectivity index (χ2v) is 12.0. The molecular weight excluding hydrogens is 493 g/mol. The van der Waals surface area contributed by atoms with Crippen molar-refractivity contribution in [2.45, 2.75) is 41.5 Å². The summed E-state index contributed by atoms with van der Waals surface area (Å²) in [6.07, 6.45) is 2.04. The second kappa shape index (κ2) is 9.60. The van der Waals surface area contributed by atoms with Gasteiger partial charge in [-0.3, -0.25) is 4.98 Å². The number of benzene rings is 6. The molecule has 7 rings (SSSR count). The van der Waals surface area contributed by atoms with E-state index in [4.69, 9.17) is 4.98 Å². The molecule has 1 heterocycles. The van der Waals surface area contributed by atoms with Gasteiger partial charge in [0.15, 0.2) is 0 Å². The van der Waals surface area contributed by atoms with Crippen LogP contribution in [0.3, 0.4) is 0 Å². The lowest BCUT2D eigenvalue weighted by molar-refractivity contribution is 1.34. The van der Waals surface area contributed by atoms with E-state index in [9.17, 15) is 0 Å². The van der Waals surface area contributed by atoms with E-state index < -0.39 is 0 Å². The summed E-state index contributed by atoms with van der Waals surface area (Å²) < 4.78 is 0. The molecule has 0 bridgehead atoms. The zero-order valence-corrected chi connectivity index (χ0v) is 24.8. The van der Waals surface area contributed by atoms with Gasteiger partial charge in [-0.25, -0.2) is 0 Å². The quantitative estimate of drug-likeness (QED) is 0.167. The molecule has 0 aliphatic heterocycles. The number of fused-ring (bicyclic) bond motifs is 7. The predicted octanol–water partition coefficient (Wildman–Crippen LogP) is 8.06. The Morgan fingerprint density at radius 1 is 0.488 bits per heavy atom. The van der Waals surface area contributed by atoms with Crippen molar-refractivity contribution in [2.75, 3.05) is 0 Å². The van der Waals surface area contributed by atoms with E-state index in [1.54, 1.807) is 0 Å². The van der Waals surface area contributed by atoms with Gasteiger partial charge in [-0.1, -0.05) is 141 Å². The zero-order valence-electron chi connectivity index (χ0n) is 24.8. The van der Waals surface area contributed by atoms with Gasteiger partial charge in [-0.05, 0) is 57.7 Å². The van der Waals surface area contributed by atoms with E-state index in [1.807, 2.05) is 6.20 Å². The lowest BCUT2D eigenvalue weighted by Crippen LogP contribution is -2.55. The van der Waals surface area contributed by atoms with Crippen LogP contribution < -0.4 is 16.4 Å². The average molecular weight is 528 g/mol. The molecule has 1 nitrogen and oxygen atoms in total. The average Bonchev–Trinajstić information content (AvgIpc) is 2.94. The first-order valence-electron chi connectivity index (χ1n) is 14.6. The van der Waals surface area contributed by atoms with E-state index in [0.717, 1.165) is 5.52 Å². The maximum Gasteiger partial charge on any atom is 0.242 e. The highest BCUT2D eigenvalue weighted by atomic mass is 14.7. The molecule has 0 aliphatic rings. The maximum absolute atomic E-state index is 4.92. The Labute approximate surface area is 243 Å². The molecule has 0 amide bonds. The van der Waals surface area contributed by atoms with E-state index in [2.05, 4.69) is 133 Å². The summed E-state index contributed by atoms with van der Waals surface area (Å²) in [4.78, 5) is 4.92. The van der Waals surface area contributed by atoms with Crippen LogP contribution in [0.15, 0.2) is 97.2 Å². The van der Waals surface area contributed by atoms with Gasteiger partial charge in [0.1, 0.15) is 0 Å². The summed E-state index contributed by atoms with van der Waals surface area (Å²) in [5, 5.41) is 8.66. The van der Waals surface area contributed by atoms with Crippen LogP contribution in [0.1, 0.15) is 33.4 Å². The third-order valence-corrected chi connectivity index (χ3v) is 8.97. The van der Waals surface area contributed by atoms with Crippen LogP contribution in [-0.4, -0.2) is 11.7 Å². The smallest absolute Gasteiger partial charge is 0.242 e. The van der Waals surface area contributed by atoms with Crippen LogP contribution >= 0.6 is 0 Å². The first kappa shape index (κ1) is 25.5. The molecule has 41 heavy (non-hydrogen) atoms. The van der Waals surface area contributed by atoms with Crippen molar-refractivity contribution in [3.63, 3.8) is 0 Å². The predicted molar refractivity (Wildman–Crippen MR) is 180 cm³/mol. The van der Waals surface area contributed by atoms with Gasteiger partial charge >= 0.3 is 0 Å². The van der Waals surface area contributed by atoms with Gasteiger partial charge in [0.25, 0.3) is 0 Å². The normalized spacial score (nSPS) is 11.7. The first-order chi connectivity index (χ1) is 19.8. The minimum absolute atomic E-state index is 0.162. The van der Waals surface area contributed by atoms with E-state index in [-0.39, 0.29) is 6.71 Å². The maximum atomic E-state index is 4.92. The molecule has 0 N–H and O–H groups in total. The number of hydrogen-bond donors (Lipinski definition) is 0. The van der Waals surface area contributed by atoms with Crippen LogP contribution in [-0.2, 0) is 0 Å². The van der Waals surface area contributed by atoms with Gasteiger partial charge in [-0.2, -0.15) is 0 Å². The van der Waals surface area contributed by atoms with Crippen LogP contribution in [0, 0.1) is 41.5 Å². The third-order valence-electron chi connectivity index (χ3n) is 8.97. The Hall–Kier alpha value is -4.43. The third kappa shape index (κ3) is 4.13. The molecule has 0 fully saturated rings. The van der Waals surface area contributed by atoms with Crippen LogP contribution in [0.2, 0.25) is 0 Å². The van der Waals surface area contributed by atoms with Crippen molar-refractivity contribution in [3.05, 3.63) is 131 Å². The molecule has 6 aromatic carbocycles. The zero-order chi connectivity index (χ0) is 28.4. The summed E-state index contributed by atoms with van der Waals surface area (Å²) in [5.74, 6) is 0. The fraction of sp³-hybridized carbons (Fsp3) is 0.154. The van der Waals surface area contributed by atoms with E-state index in [1.165, 1.54) is 87.5 Å². The van der Waals surface area contributed by atoms with Crippen molar-refractivity contribution in [2.24, 2.45) is 0 Å². The molecule has 1 aromatic heterocycles. The van der Waals surface area contributed by atoms with Crippen molar-refractivity contribution in [1.29, 1.82) is 0 Å². The molecule has 0 saturated heterocycles. The van der Waals surface area contributed by atoms with Gasteiger partial charge in [-0.15, -0.1) is 0 Å². The van der Waals surface area contributed by atoms with Crippen molar-refractivity contribution < 1.29 is 0 Å². The first-order valence-corrected chi connectivity index (χ1v) is 14.6. The standard InChI is InChI=1S/C39H34BN/c1-23-17-25(3)37(26(4)18-23)40(38-27(5)19-24(2)20-28(38)6)32-14-16-33-30(21-32)11-12-31-22-41-39-34-10-8-7-9-29(34)13-15-35(39)36(31)33/h7-22H,1-6H3. The lowest BCUT2D eigenvalue weighted by atomic mass is 9.34. The minimum Gasteiger partial charge on any atom is -0.255 e. The summed E-state index contributed by atoms with van der Waals surface area (Å²) >= 11 is 0. The summed E-state index contributed by atoms with van der Waals surface area (Å²) in [6.45, 7) is 13.7. The van der Waals surface area contributed by atoms with Crippen molar-refractivity contribution in [1.82, 2.24) is 4.98 Å². The molecular formula is C39H34BN. The number of hydrogen-bond acceptors (Lipinski definition) is 1. The Morgan fingerprint density at radius 3 is 1.71 bits per heavy atom. The molecule has 0 radical (unpaired) electrons. The summed E-state index contributed by atoms with van der Waals surface area (Å²) in [5.41, 5.74) is 13.3. The van der Waals surface area contributed by atoms with E-state index in [0.29, 0.717) is 0 Å². The number of aromatic nitrogens is 1. The molecule has 0 atom stereocenters. The summed E-state index contributed by atoms with van der Waals surface area (Å²) in [6, 6.07) is 34.1. The molecule has 0 aliphatic carbocycles. The van der Waals surface area contributed by atoms with Gasteiger partial charge < -0.3 is 0 Å². The summed E-state index contributed by atoms with van der Waals surface area (Å²) in [7, 11) is 0. The van der Waals surface area contributed by atoms with Crippen LogP contribution in [0.4, 0.5) is 0 Å². The number of rotatable bonds is 3. The highest BCUT2D eigenvalue weighted by molar-refractivity contribution is 6.96. The second-order valence-electron chi connectivity index (χ2n) is 12.0. The number of nitrogens with zero attached hydrogens (tertiary/aromatic N) is 1. The fourth-order valence-electron chi connectivity index (χ4n) is 7.45. The largest absolute Gasteiger partial charge is 0.255 e. The molecule has 0 unspecified atom stereocenters. The van der Waals surface area contributed by atoms with Gasteiger partial charge in [0.05, 0.1) is 5.52 Å². The van der Waals surface area contributed by atoms with Crippen molar-refractivity contribution >= 4 is 66.3 Å². The monoisotopic (exact) mass is 527 g/mol. The SMILES string of the molecule is Cc1cc(C)c(B(c2ccc3c(ccc4cnc5c6ccccc6ccc5c43)c2)c2c(C)cc(C)cc2C)c(C)c1. The topological polar surface area (TPSA) is 12.9 Å². The minimum atomic E-state index is 0.162. The van der Waals surface area contributed by atoms with Crippen molar-refractivity contribution in [3.8, 4) is 0 Å². The Morgan fingerprint density at radius 2 is 1.05 bits per heavy atom. The van der Waals surface area contributed by atoms with Crippen LogP contribution in [0.5, 0.6) is 0 Å². The fourth-order valence-corrected chi connectivity index (χ4v) is 7.45. The Balaban J connectivity index is 1.52. The lowest BCUT2D eigenvalue weighted by Gasteiger charge is -2.25. The van der Waals surface area contributed by atoms with Crippen LogP contribution in [0.25, 0.3) is 43.2 Å². The van der Waals surface area contributed by atoms with E-state index >= 15 is 0 Å². The Bertz CT molecular complexity index is 2070. The van der Waals surface area contributed by atoms with Gasteiger partial charge in [0.2, 0.25) is 6.71 Å². The van der Waals surface area contributed by atoms with Gasteiger partial charge in [0, 0.05) is 27.7 Å².